The summed E-state index contributed by atoms with van der Waals surface area (Å²) in [5.74, 6) is -1.28. The second kappa shape index (κ2) is 66.3. The van der Waals surface area contributed by atoms with Crippen molar-refractivity contribution in [3.63, 3.8) is 0 Å². The molecule has 3 unspecified atom stereocenters. The van der Waals surface area contributed by atoms with Crippen LogP contribution in [0.3, 0.4) is 0 Å². The molecule has 0 spiro atoms. The molecule has 0 bridgehead atoms. The van der Waals surface area contributed by atoms with Gasteiger partial charge in [-0.25, -0.2) is 9.13 Å². The molecule has 546 valence electrons. The summed E-state index contributed by atoms with van der Waals surface area (Å²) in [5.41, 5.74) is 0. The lowest BCUT2D eigenvalue weighted by atomic mass is 9.99. The molecule has 0 saturated carbocycles. The van der Waals surface area contributed by atoms with Gasteiger partial charge < -0.3 is 33.8 Å². The maximum absolute atomic E-state index is 13.0. The number of hydrogen-bond donors (Lipinski definition) is 3. The van der Waals surface area contributed by atoms with Crippen molar-refractivity contribution in [1.29, 1.82) is 0 Å². The van der Waals surface area contributed by atoms with Gasteiger partial charge in [-0.1, -0.05) is 330 Å². The maximum atomic E-state index is 13.0. The molecule has 0 aliphatic heterocycles. The van der Waals surface area contributed by atoms with Gasteiger partial charge in [0, 0.05) is 25.7 Å². The average Bonchev–Trinajstić information content (AvgIpc) is 2.68. The molecule has 0 fully saturated rings. The minimum absolute atomic E-state index is 0.107. The lowest BCUT2D eigenvalue weighted by Crippen LogP contribution is -2.30. The van der Waals surface area contributed by atoms with Gasteiger partial charge in [-0.2, -0.15) is 0 Å². The van der Waals surface area contributed by atoms with Crippen molar-refractivity contribution in [3.05, 3.63) is 0 Å². The minimum atomic E-state index is -4.95. The molecule has 0 heterocycles. The highest BCUT2D eigenvalue weighted by atomic mass is 31.2. The molecule has 92 heavy (non-hydrogen) atoms. The van der Waals surface area contributed by atoms with Crippen LogP contribution in [0.2, 0.25) is 0 Å². The van der Waals surface area contributed by atoms with E-state index in [1.165, 1.54) is 199 Å². The van der Waals surface area contributed by atoms with Crippen LogP contribution in [0.15, 0.2) is 0 Å². The number of esters is 4. The van der Waals surface area contributed by atoms with Gasteiger partial charge in [0.1, 0.15) is 19.3 Å². The summed E-state index contributed by atoms with van der Waals surface area (Å²) in [6.45, 7) is 7.25. The quantitative estimate of drug-likeness (QED) is 0.0222. The molecule has 0 aromatic rings. The third kappa shape index (κ3) is 65.4. The smallest absolute Gasteiger partial charge is 0.462 e. The molecule has 0 aromatic heterocycles. The summed E-state index contributed by atoms with van der Waals surface area (Å²) in [5, 5.41) is 10.6. The zero-order valence-electron chi connectivity index (χ0n) is 59.7. The van der Waals surface area contributed by atoms with E-state index in [1.54, 1.807) is 0 Å². The maximum Gasteiger partial charge on any atom is 0.472 e. The molecular weight excluding hydrogens is 1210 g/mol. The van der Waals surface area contributed by atoms with E-state index in [0.717, 1.165) is 102 Å². The first-order valence-electron chi connectivity index (χ1n) is 38.2. The summed E-state index contributed by atoms with van der Waals surface area (Å²) in [7, 11) is -9.90. The predicted molar refractivity (Wildman–Crippen MR) is 372 cm³/mol. The number of phosphoric acid groups is 2. The Morgan fingerprint density at radius 1 is 0.304 bits per heavy atom. The summed E-state index contributed by atoms with van der Waals surface area (Å²) in [6.07, 6.45) is 54.3. The van der Waals surface area contributed by atoms with Crippen molar-refractivity contribution in [2.75, 3.05) is 39.6 Å². The lowest BCUT2D eigenvalue weighted by molar-refractivity contribution is -0.161. The van der Waals surface area contributed by atoms with Crippen LogP contribution in [0.1, 0.15) is 381 Å². The normalized spacial score (nSPS) is 14.3. The predicted octanol–water partition coefficient (Wildman–Crippen LogP) is 21.3. The molecule has 0 aliphatic carbocycles. The highest BCUT2D eigenvalue weighted by Gasteiger charge is 2.30. The molecule has 0 aliphatic rings. The molecule has 17 nitrogen and oxygen atoms in total. The number of carbonyl (C=O) groups is 4. The monoisotopic (exact) mass is 1350 g/mol. The van der Waals surface area contributed by atoms with Crippen LogP contribution in [0.25, 0.3) is 0 Å². The van der Waals surface area contributed by atoms with Gasteiger partial charge in [-0.3, -0.25) is 37.3 Å². The fourth-order valence-electron chi connectivity index (χ4n) is 11.1. The van der Waals surface area contributed by atoms with Gasteiger partial charge in [0.2, 0.25) is 0 Å². The van der Waals surface area contributed by atoms with Gasteiger partial charge >= 0.3 is 39.5 Å². The number of ether oxygens (including phenoxy) is 4. The van der Waals surface area contributed by atoms with Crippen LogP contribution in [0, 0.1) is 5.92 Å². The van der Waals surface area contributed by atoms with E-state index in [2.05, 4.69) is 34.6 Å². The first-order chi connectivity index (χ1) is 44.6. The van der Waals surface area contributed by atoms with E-state index in [9.17, 15) is 43.2 Å². The molecule has 6 atom stereocenters. The first kappa shape index (κ1) is 90.1. The Morgan fingerprint density at radius 2 is 0.522 bits per heavy atom. The summed E-state index contributed by atoms with van der Waals surface area (Å²) in [6, 6.07) is 0. The van der Waals surface area contributed by atoms with Crippen LogP contribution in [0.5, 0.6) is 0 Å². The van der Waals surface area contributed by atoms with Crippen molar-refractivity contribution in [3.8, 4) is 0 Å². The number of rotatable bonds is 73. The average molecular weight is 1350 g/mol. The van der Waals surface area contributed by atoms with Crippen LogP contribution in [-0.2, 0) is 65.4 Å². The number of unbranched alkanes of at least 4 members (excludes halogenated alkanes) is 44. The van der Waals surface area contributed by atoms with Gasteiger partial charge in [0.05, 0.1) is 26.4 Å². The molecule has 0 radical (unpaired) electrons. The van der Waals surface area contributed by atoms with Crippen LogP contribution in [0.4, 0.5) is 0 Å². The largest absolute Gasteiger partial charge is 0.472 e. The van der Waals surface area contributed by atoms with Crippen molar-refractivity contribution >= 4 is 39.5 Å². The van der Waals surface area contributed by atoms with Gasteiger partial charge in [0.15, 0.2) is 12.2 Å². The van der Waals surface area contributed by atoms with E-state index in [1.807, 2.05) is 0 Å². The Morgan fingerprint density at radius 3 is 0.772 bits per heavy atom. The lowest BCUT2D eigenvalue weighted by Gasteiger charge is -2.21. The van der Waals surface area contributed by atoms with Crippen molar-refractivity contribution in [2.24, 2.45) is 5.92 Å². The van der Waals surface area contributed by atoms with Crippen molar-refractivity contribution in [2.45, 2.75) is 400 Å². The molecule has 0 aromatic carbocycles. The number of carbonyl (C=O) groups excluding carboxylic acids is 4. The number of aliphatic hydroxyl groups is 1. The number of phosphoric ester groups is 2. The molecule has 0 rings (SSSR count). The summed E-state index contributed by atoms with van der Waals surface area (Å²) in [4.78, 5) is 72.4. The third-order valence-corrected chi connectivity index (χ3v) is 19.3. The van der Waals surface area contributed by atoms with Crippen LogP contribution >= 0.6 is 15.6 Å². The fraction of sp³-hybridized carbons (Fsp3) is 0.945. The Hall–Kier alpha value is -1.94. The SMILES string of the molecule is CCCCCCCCCCCCCCCCCC(=O)OC[C@H](COP(=O)(O)OC[C@@H](O)COP(=O)(O)OC[C@@H](COC(=O)CCCCCCC)OC(=O)CCCCCCCCCCCCCCCC)OC(=O)CCCCCCCCCCCCCCCCC(C)CC. The number of hydrogen-bond acceptors (Lipinski definition) is 15. The van der Waals surface area contributed by atoms with Crippen molar-refractivity contribution in [1.82, 2.24) is 0 Å². The molecular formula is C73H142O17P2. The first-order valence-corrected chi connectivity index (χ1v) is 41.2. The Bertz CT molecular complexity index is 1770. The highest BCUT2D eigenvalue weighted by molar-refractivity contribution is 7.47. The zero-order valence-corrected chi connectivity index (χ0v) is 61.5. The van der Waals surface area contributed by atoms with Gasteiger partial charge in [-0.05, 0) is 31.6 Å². The summed E-state index contributed by atoms with van der Waals surface area (Å²) >= 11 is 0. The minimum Gasteiger partial charge on any atom is -0.462 e. The van der Waals surface area contributed by atoms with E-state index in [4.69, 9.17) is 37.0 Å². The van der Waals surface area contributed by atoms with Gasteiger partial charge in [-0.15, -0.1) is 0 Å². The van der Waals surface area contributed by atoms with E-state index in [0.29, 0.717) is 25.7 Å². The zero-order chi connectivity index (χ0) is 67.7. The highest BCUT2D eigenvalue weighted by Crippen LogP contribution is 2.45. The van der Waals surface area contributed by atoms with Crippen LogP contribution in [-0.4, -0.2) is 96.7 Å². The second-order valence-electron chi connectivity index (χ2n) is 26.6. The Labute approximate surface area is 562 Å². The molecule has 19 heteroatoms. The van der Waals surface area contributed by atoms with Crippen molar-refractivity contribution < 1.29 is 80.2 Å². The Kier molecular flexibility index (Phi) is 64.9. The molecule has 0 amide bonds. The van der Waals surface area contributed by atoms with E-state index >= 15 is 0 Å². The second-order valence-corrected chi connectivity index (χ2v) is 29.5. The standard InChI is InChI=1S/C73H142O17P2/c1-6-10-13-16-18-20-22-24-26-31-34-38-42-47-52-57-71(76)84-63-69(90-73(78)59-54-49-44-40-36-32-28-27-29-33-37-41-46-50-55-66(5)9-4)65-88-92(81,82)86-61-67(74)60-85-91(79,80)87-64-68(62-83-70(75)56-51-45-15-12-8-3)89-72(77)58-53-48-43-39-35-30-25-23-21-19-17-14-11-7-2/h66-69,74H,6-65H2,1-5H3,(H,79,80)(H,81,82)/t66?,67-,68+,69+/m0/s1. The third-order valence-electron chi connectivity index (χ3n) is 17.4. The summed E-state index contributed by atoms with van der Waals surface area (Å²) < 4.78 is 68.2. The number of aliphatic hydroxyl groups excluding tert-OH is 1. The van der Waals surface area contributed by atoms with E-state index < -0.39 is 97.5 Å². The van der Waals surface area contributed by atoms with E-state index in [-0.39, 0.29) is 25.7 Å². The topological polar surface area (TPSA) is 237 Å². The fourth-order valence-corrected chi connectivity index (χ4v) is 12.7. The molecule has 0 saturated heterocycles. The molecule has 3 N–H and O–H groups in total. The van der Waals surface area contributed by atoms with Crippen LogP contribution < -0.4 is 0 Å². The Balaban J connectivity index is 5.15. The van der Waals surface area contributed by atoms with Gasteiger partial charge in [0.25, 0.3) is 0 Å².